The van der Waals surface area contributed by atoms with Crippen molar-refractivity contribution in [3.63, 3.8) is 0 Å². The molecule has 19 heavy (non-hydrogen) atoms. The lowest BCUT2D eigenvalue weighted by Crippen LogP contribution is -2.30. The van der Waals surface area contributed by atoms with E-state index in [0.29, 0.717) is 24.6 Å². The lowest BCUT2D eigenvalue weighted by Gasteiger charge is -2.17. The normalized spacial score (nSPS) is 11.1. The van der Waals surface area contributed by atoms with Crippen LogP contribution in [0.1, 0.15) is 20.8 Å². The molecule has 0 fully saturated rings. The van der Waals surface area contributed by atoms with Crippen molar-refractivity contribution in [3.05, 3.63) is 24.3 Å². The zero-order valence-electron chi connectivity index (χ0n) is 11.7. The van der Waals surface area contributed by atoms with Crippen molar-refractivity contribution in [3.8, 4) is 5.75 Å². The van der Waals surface area contributed by atoms with Gasteiger partial charge >= 0.3 is 0 Å². The van der Waals surface area contributed by atoms with Crippen LogP contribution in [-0.2, 0) is 4.79 Å². The minimum Gasteiger partial charge on any atom is -0.492 e. The molecule has 1 aromatic rings. The smallest absolute Gasteiger partial charge is 0.230 e. The average Bonchev–Trinajstić information content (AvgIpc) is 2.33. The highest BCUT2D eigenvalue weighted by molar-refractivity contribution is 8.01. The van der Waals surface area contributed by atoms with Gasteiger partial charge in [-0.25, -0.2) is 0 Å². The Morgan fingerprint density at radius 2 is 1.95 bits per heavy atom. The van der Waals surface area contributed by atoms with Gasteiger partial charge in [0.15, 0.2) is 0 Å². The van der Waals surface area contributed by atoms with E-state index in [1.165, 1.54) is 0 Å². The molecule has 0 heterocycles. The van der Waals surface area contributed by atoms with Gasteiger partial charge in [-0.3, -0.25) is 4.79 Å². The number of nitrogen functional groups attached to an aromatic ring is 1. The number of hydrogen-bond donors (Lipinski definition) is 2. The van der Waals surface area contributed by atoms with Gasteiger partial charge in [-0.2, -0.15) is 0 Å². The predicted octanol–water partition coefficient (Wildman–Crippen LogP) is 2.30. The van der Waals surface area contributed by atoms with Crippen LogP contribution in [0.3, 0.4) is 0 Å². The number of ether oxygens (including phenoxy) is 1. The molecular weight excluding hydrogens is 260 g/mol. The Labute approximate surface area is 119 Å². The SMILES string of the molecule is CC(C)(C)SCC(=O)NCCOc1ccc(N)cc1. The third kappa shape index (κ3) is 7.62. The molecule has 1 amide bonds. The fourth-order valence-corrected chi connectivity index (χ4v) is 1.92. The van der Waals surface area contributed by atoms with Crippen LogP contribution >= 0.6 is 11.8 Å². The monoisotopic (exact) mass is 282 g/mol. The number of carbonyl (C=O) groups excluding carboxylic acids is 1. The number of amides is 1. The summed E-state index contributed by atoms with van der Waals surface area (Å²) < 4.78 is 5.59. The summed E-state index contributed by atoms with van der Waals surface area (Å²) in [5, 5.41) is 2.83. The van der Waals surface area contributed by atoms with E-state index in [9.17, 15) is 4.79 Å². The van der Waals surface area contributed by atoms with E-state index in [1.54, 1.807) is 23.9 Å². The van der Waals surface area contributed by atoms with Crippen molar-refractivity contribution >= 4 is 23.4 Å². The number of nitrogens with one attached hydrogen (secondary N) is 1. The molecule has 0 bridgehead atoms. The lowest BCUT2D eigenvalue weighted by atomic mass is 10.3. The van der Waals surface area contributed by atoms with E-state index in [-0.39, 0.29) is 10.7 Å². The van der Waals surface area contributed by atoms with Gasteiger partial charge in [-0.15, -0.1) is 11.8 Å². The molecule has 0 aromatic heterocycles. The number of carbonyl (C=O) groups is 1. The summed E-state index contributed by atoms with van der Waals surface area (Å²) in [5.41, 5.74) is 6.28. The first-order valence-corrected chi connectivity index (χ1v) is 7.24. The maximum Gasteiger partial charge on any atom is 0.230 e. The van der Waals surface area contributed by atoms with Crippen molar-refractivity contribution in [1.82, 2.24) is 5.32 Å². The molecule has 0 unspecified atom stereocenters. The van der Waals surface area contributed by atoms with Crippen molar-refractivity contribution in [2.24, 2.45) is 0 Å². The summed E-state index contributed by atoms with van der Waals surface area (Å²) in [5.74, 6) is 1.28. The molecule has 0 aliphatic rings. The molecule has 0 spiro atoms. The van der Waals surface area contributed by atoms with Crippen molar-refractivity contribution in [1.29, 1.82) is 0 Å². The van der Waals surface area contributed by atoms with Crippen LogP contribution < -0.4 is 15.8 Å². The average molecular weight is 282 g/mol. The first kappa shape index (κ1) is 15.7. The van der Waals surface area contributed by atoms with E-state index >= 15 is 0 Å². The molecule has 0 radical (unpaired) electrons. The van der Waals surface area contributed by atoms with Crippen LogP contribution in [0.2, 0.25) is 0 Å². The van der Waals surface area contributed by atoms with Crippen LogP contribution in [-0.4, -0.2) is 29.6 Å². The topological polar surface area (TPSA) is 64.3 Å². The van der Waals surface area contributed by atoms with Crippen molar-refractivity contribution in [2.45, 2.75) is 25.5 Å². The van der Waals surface area contributed by atoms with E-state index in [2.05, 4.69) is 26.1 Å². The molecule has 106 valence electrons. The second-order valence-electron chi connectivity index (χ2n) is 5.17. The third-order valence-electron chi connectivity index (χ3n) is 2.21. The minimum absolute atomic E-state index is 0.0424. The zero-order valence-corrected chi connectivity index (χ0v) is 12.5. The van der Waals surface area contributed by atoms with Crippen LogP contribution in [0, 0.1) is 0 Å². The maximum atomic E-state index is 11.5. The fraction of sp³-hybridized carbons (Fsp3) is 0.500. The molecule has 1 rings (SSSR count). The number of thioether (sulfide) groups is 1. The summed E-state index contributed by atoms with van der Waals surface area (Å²) in [7, 11) is 0. The van der Waals surface area contributed by atoms with Crippen LogP contribution in [0.15, 0.2) is 24.3 Å². The number of benzene rings is 1. The predicted molar refractivity (Wildman–Crippen MR) is 81.6 cm³/mol. The second kappa shape index (κ2) is 7.28. The summed E-state index contributed by atoms with van der Waals surface area (Å²) in [6.45, 7) is 7.24. The number of nitrogens with two attached hydrogens (primary N) is 1. The summed E-state index contributed by atoms with van der Waals surface area (Å²) >= 11 is 1.63. The second-order valence-corrected chi connectivity index (χ2v) is 6.97. The van der Waals surface area contributed by atoms with E-state index in [0.717, 1.165) is 5.75 Å². The summed E-state index contributed by atoms with van der Waals surface area (Å²) in [6.07, 6.45) is 0. The number of hydrogen-bond acceptors (Lipinski definition) is 4. The molecule has 3 N–H and O–H groups in total. The Hall–Kier alpha value is -1.36. The highest BCUT2D eigenvalue weighted by Gasteiger charge is 2.12. The first-order chi connectivity index (χ1) is 8.87. The first-order valence-electron chi connectivity index (χ1n) is 6.26. The van der Waals surface area contributed by atoms with Gasteiger partial charge in [0.05, 0.1) is 12.3 Å². The maximum absolute atomic E-state index is 11.5. The molecule has 0 aliphatic heterocycles. The molecular formula is C14H22N2O2S. The molecule has 0 saturated heterocycles. The summed E-state index contributed by atoms with van der Waals surface area (Å²) in [4.78, 5) is 11.5. The fourth-order valence-electron chi connectivity index (χ4n) is 1.26. The van der Waals surface area contributed by atoms with Crippen LogP contribution in [0.4, 0.5) is 5.69 Å². The molecule has 0 saturated carbocycles. The van der Waals surface area contributed by atoms with E-state index in [4.69, 9.17) is 10.5 Å². The van der Waals surface area contributed by atoms with Gasteiger partial charge in [0, 0.05) is 10.4 Å². The highest BCUT2D eigenvalue weighted by Crippen LogP contribution is 2.22. The Kier molecular flexibility index (Phi) is 6.02. The Bertz CT molecular complexity index is 399. The van der Waals surface area contributed by atoms with Crippen molar-refractivity contribution in [2.75, 3.05) is 24.6 Å². The Morgan fingerprint density at radius 3 is 2.53 bits per heavy atom. The largest absolute Gasteiger partial charge is 0.492 e. The number of anilines is 1. The number of rotatable bonds is 6. The van der Waals surface area contributed by atoms with Gasteiger partial charge in [-0.05, 0) is 24.3 Å². The molecule has 4 nitrogen and oxygen atoms in total. The van der Waals surface area contributed by atoms with Crippen molar-refractivity contribution < 1.29 is 9.53 Å². The Morgan fingerprint density at radius 1 is 1.32 bits per heavy atom. The molecule has 1 aromatic carbocycles. The Balaban J connectivity index is 2.13. The van der Waals surface area contributed by atoms with Crippen LogP contribution in [0.25, 0.3) is 0 Å². The van der Waals surface area contributed by atoms with Gasteiger partial charge in [-0.1, -0.05) is 20.8 Å². The minimum atomic E-state index is 0.0424. The van der Waals surface area contributed by atoms with Gasteiger partial charge in [0.1, 0.15) is 12.4 Å². The van der Waals surface area contributed by atoms with Gasteiger partial charge < -0.3 is 15.8 Å². The van der Waals surface area contributed by atoms with E-state index < -0.39 is 0 Å². The molecule has 5 heteroatoms. The lowest BCUT2D eigenvalue weighted by molar-refractivity contribution is -0.118. The van der Waals surface area contributed by atoms with Gasteiger partial charge in [0.25, 0.3) is 0 Å². The van der Waals surface area contributed by atoms with Crippen LogP contribution in [0.5, 0.6) is 5.75 Å². The quantitative estimate of drug-likeness (QED) is 0.621. The third-order valence-corrected chi connectivity index (χ3v) is 3.48. The standard InChI is InChI=1S/C14H22N2O2S/c1-14(2,3)19-10-13(17)16-8-9-18-12-6-4-11(15)5-7-12/h4-7H,8-10,15H2,1-3H3,(H,16,17). The molecule has 0 atom stereocenters. The zero-order chi connectivity index (χ0) is 14.3. The summed E-state index contributed by atoms with van der Waals surface area (Å²) in [6, 6.07) is 7.20. The van der Waals surface area contributed by atoms with E-state index in [1.807, 2.05) is 12.1 Å². The van der Waals surface area contributed by atoms with Gasteiger partial charge in [0.2, 0.25) is 5.91 Å². The molecule has 0 aliphatic carbocycles. The highest BCUT2D eigenvalue weighted by atomic mass is 32.2.